The Balaban J connectivity index is 1.28. The molecule has 5 aromatic rings. The van der Waals surface area contributed by atoms with Crippen LogP contribution in [0.4, 0.5) is 14.6 Å². The third kappa shape index (κ3) is 7.63. The van der Waals surface area contributed by atoms with E-state index >= 15 is 8.78 Å². The third-order valence-electron chi connectivity index (χ3n) is 9.61. The number of esters is 1. The van der Waals surface area contributed by atoms with Gasteiger partial charge in [-0.05, 0) is 76.9 Å². The standard InChI is InChI=1S/C38H44F2N6O7/c1-22-19-41-16-15-26(22)46-27-12-7-6-11-25(27)42-36(46)51-23-18-28(34(49)53-37(2,3)4)45(20-23)33-32-31(24-10-5-8-13-29(24)52-32)43-35(44-33)38(39,40)21-50-17-9-14-30(47)48/h5-8,10-13,22-23,26,28,41H,9,14-21H2,1-4H3,(H,47,48)/t22-,23-,26-,28-/m0/s1. The van der Waals surface area contributed by atoms with Crippen LogP contribution in [0.3, 0.4) is 0 Å². The van der Waals surface area contributed by atoms with Crippen LogP contribution in [-0.4, -0.2) is 87.2 Å². The molecule has 15 heteroatoms. The highest BCUT2D eigenvalue weighted by atomic mass is 19.3. The molecule has 53 heavy (non-hydrogen) atoms. The Morgan fingerprint density at radius 1 is 1.08 bits per heavy atom. The molecule has 282 valence electrons. The van der Waals surface area contributed by atoms with Crippen molar-refractivity contribution in [1.82, 2.24) is 24.8 Å². The molecule has 0 saturated carbocycles. The Kier molecular flexibility index (Phi) is 9.98. The van der Waals surface area contributed by atoms with Crippen LogP contribution >= 0.6 is 0 Å². The maximum absolute atomic E-state index is 15.9. The van der Waals surface area contributed by atoms with Crippen LogP contribution in [0.15, 0.2) is 52.9 Å². The minimum atomic E-state index is -3.67. The monoisotopic (exact) mass is 734 g/mol. The van der Waals surface area contributed by atoms with E-state index in [1.54, 1.807) is 49.9 Å². The Morgan fingerprint density at radius 2 is 1.85 bits per heavy atom. The summed E-state index contributed by atoms with van der Waals surface area (Å²) in [7, 11) is 0. The van der Waals surface area contributed by atoms with Crippen molar-refractivity contribution in [1.29, 1.82) is 0 Å². The fourth-order valence-corrected chi connectivity index (χ4v) is 7.19. The maximum Gasteiger partial charge on any atom is 0.329 e. The van der Waals surface area contributed by atoms with Crippen LogP contribution in [0.1, 0.15) is 65.2 Å². The van der Waals surface area contributed by atoms with Gasteiger partial charge < -0.3 is 34.0 Å². The zero-order chi connectivity index (χ0) is 37.5. The van der Waals surface area contributed by atoms with Gasteiger partial charge in [0.1, 0.15) is 35.5 Å². The predicted octanol–water partition coefficient (Wildman–Crippen LogP) is 6.24. The van der Waals surface area contributed by atoms with Gasteiger partial charge in [-0.1, -0.05) is 31.2 Å². The first kappa shape index (κ1) is 36.5. The number of carbonyl (C=O) groups is 2. The number of imidazole rings is 1. The Labute approximate surface area is 304 Å². The summed E-state index contributed by atoms with van der Waals surface area (Å²) in [6.45, 7) is 7.99. The highest BCUT2D eigenvalue weighted by molar-refractivity contribution is 6.06. The van der Waals surface area contributed by atoms with Gasteiger partial charge in [-0.25, -0.2) is 14.8 Å². The highest BCUT2D eigenvalue weighted by Crippen LogP contribution is 2.40. The first-order valence-electron chi connectivity index (χ1n) is 18.0. The van der Waals surface area contributed by atoms with Crippen molar-refractivity contribution in [3.63, 3.8) is 0 Å². The number of anilines is 1. The molecule has 3 aromatic heterocycles. The van der Waals surface area contributed by atoms with E-state index in [0.717, 1.165) is 30.5 Å². The minimum absolute atomic E-state index is 0.00538. The Morgan fingerprint density at radius 3 is 2.62 bits per heavy atom. The predicted molar refractivity (Wildman–Crippen MR) is 192 cm³/mol. The summed E-state index contributed by atoms with van der Waals surface area (Å²) in [4.78, 5) is 40.0. The number of aliphatic carboxylic acids is 1. The first-order valence-corrected chi connectivity index (χ1v) is 18.0. The topological polar surface area (TPSA) is 154 Å². The van der Waals surface area contributed by atoms with Crippen molar-refractivity contribution < 1.29 is 42.1 Å². The molecule has 2 aromatic carbocycles. The van der Waals surface area contributed by atoms with Gasteiger partial charge in [0.2, 0.25) is 5.82 Å². The molecule has 2 N–H and O–H groups in total. The number of benzene rings is 2. The van der Waals surface area contributed by atoms with Gasteiger partial charge in [-0.3, -0.25) is 9.36 Å². The summed E-state index contributed by atoms with van der Waals surface area (Å²) in [6, 6.07) is 14.3. The lowest BCUT2D eigenvalue weighted by molar-refractivity contribution is -0.156. The number of carboxylic acids is 1. The van der Waals surface area contributed by atoms with Crippen molar-refractivity contribution in [3.05, 3.63) is 54.4 Å². The average Bonchev–Trinajstić information content (AvgIpc) is 3.80. The molecule has 2 fully saturated rings. The van der Waals surface area contributed by atoms with E-state index < -0.39 is 48.0 Å². The van der Waals surface area contributed by atoms with Gasteiger partial charge in [0.15, 0.2) is 11.4 Å². The maximum atomic E-state index is 15.9. The van der Waals surface area contributed by atoms with Crippen LogP contribution < -0.4 is 15.0 Å². The van der Waals surface area contributed by atoms with Crippen LogP contribution in [0.25, 0.3) is 33.1 Å². The van der Waals surface area contributed by atoms with Crippen molar-refractivity contribution >= 4 is 50.9 Å². The van der Waals surface area contributed by atoms with Crippen molar-refractivity contribution in [2.75, 3.05) is 37.7 Å². The number of hydrogen-bond donors (Lipinski definition) is 2. The number of rotatable bonds is 12. The van der Waals surface area contributed by atoms with Crippen molar-refractivity contribution in [2.45, 2.75) is 83.1 Å². The molecule has 5 heterocycles. The van der Waals surface area contributed by atoms with E-state index in [1.807, 2.05) is 24.3 Å². The van der Waals surface area contributed by atoms with E-state index in [1.165, 1.54) is 0 Å². The third-order valence-corrected chi connectivity index (χ3v) is 9.61. The number of carbonyl (C=O) groups excluding carboxylic acids is 1. The first-order chi connectivity index (χ1) is 25.3. The fraction of sp³-hybridized carbons (Fsp3) is 0.500. The largest absolute Gasteiger partial charge is 0.481 e. The molecular weight excluding hydrogens is 690 g/mol. The molecule has 0 aliphatic carbocycles. The van der Waals surface area contributed by atoms with Crippen LogP contribution in [0.5, 0.6) is 6.01 Å². The zero-order valence-electron chi connectivity index (χ0n) is 30.2. The number of alkyl halides is 2. The number of ether oxygens (including phenoxy) is 3. The lowest BCUT2D eigenvalue weighted by Crippen LogP contribution is -2.41. The number of piperidine rings is 1. The highest BCUT2D eigenvalue weighted by Gasteiger charge is 2.45. The smallest absolute Gasteiger partial charge is 0.329 e. The van der Waals surface area contributed by atoms with Gasteiger partial charge >= 0.3 is 17.9 Å². The number of aromatic nitrogens is 4. The SMILES string of the molecule is C[C@H]1CNCC[C@@H]1n1c(O[C@H]2C[C@@H](C(=O)OC(C)(C)C)N(c3nc(C(F)(F)COCCCC(=O)O)nc4c3oc3ccccc34)C2)nc2ccccc21. The number of fused-ring (bicyclic) bond motifs is 4. The molecule has 13 nitrogen and oxygen atoms in total. The summed E-state index contributed by atoms with van der Waals surface area (Å²) in [5.41, 5.74) is 1.59. The number of nitrogens with one attached hydrogen (secondary N) is 1. The second kappa shape index (κ2) is 14.5. The summed E-state index contributed by atoms with van der Waals surface area (Å²) < 4.78 is 57.9. The van der Waals surface area contributed by atoms with Gasteiger partial charge in [0.05, 0.1) is 17.6 Å². The minimum Gasteiger partial charge on any atom is -0.481 e. The summed E-state index contributed by atoms with van der Waals surface area (Å²) in [5, 5.41) is 12.9. The van der Waals surface area contributed by atoms with E-state index in [0.29, 0.717) is 22.9 Å². The number of furan rings is 1. The van der Waals surface area contributed by atoms with Crippen molar-refractivity contribution in [3.8, 4) is 6.01 Å². The second-order valence-corrected chi connectivity index (χ2v) is 14.9. The lowest BCUT2D eigenvalue weighted by atomic mass is 9.95. The summed E-state index contributed by atoms with van der Waals surface area (Å²) >= 11 is 0. The molecule has 2 aliphatic heterocycles. The van der Waals surface area contributed by atoms with E-state index in [-0.39, 0.29) is 55.4 Å². The number of nitrogens with zero attached hydrogens (tertiary/aromatic N) is 5. The molecule has 0 amide bonds. The van der Waals surface area contributed by atoms with Crippen LogP contribution in [-0.2, 0) is 25.0 Å². The van der Waals surface area contributed by atoms with Crippen molar-refractivity contribution in [2.24, 2.45) is 5.92 Å². The van der Waals surface area contributed by atoms with E-state index in [2.05, 4.69) is 26.8 Å². The molecular formula is C38H44F2N6O7. The molecule has 2 saturated heterocycles. The average molecular weight is 735 g/mol. The number of carboxylic acid groups (broad SMARTS) is 1. The van der Waals surface area contributed by atoms with E-state index in [4.69, 9.17) is 28.7 Å². The summed E-state index contributed by atoms with van der Waals surface area (Å²) in [5.74, 6) is -5.81. The van der Waals surface area contributed by atoms with Gasteiger partial charge in [-0.2, -0.15) is 13.8 Å². The van der Waals surface area contributed by atoms with Gasteiger partial charge in [0, 0.05) is 30.9 Å². The molecule has 0 spiro atoms. The quantitative estimate of drug-likeness (QED) is 0.110. The van der Waals surface area contributed by atoms with Gasteiger partial charge in [0.25, 0.3) is 6.01 Å². The Hall–Kier alpha value is -4.89. The Bertz CT molecular complexity index is 2130. The molecule has 4 atom stereocenters. The number of para-hydroxylation sites is 3. The second-order valence-electron chi connectivity index (χ2n) is 14.9. The normalized spacial score (nSPS) is 21.1. The summed E-state index contributed by atoms with van der Waals surface area (Å²) in [6.07, 6.45) is 0.275. The number of halogens is 2. The van der Waals surface area contributed by atoms with Crippen LogP contribution in [0, 0.1) is 5.92 Å². The molecule has 2 aliphatic rings. The van der Waals surface area contributed by atoms with E-state index in [9.17, 15) is 9.59 Å². The molecule has 0 bridgehead atoms. The molecule has 7 rings (SSSR count). The van der Waals surface area contributed by atoms with Gasteiger partial charge in [-0.15, -0.1) is 0 Å². The molecule has 0 radical (unpaired) electrons. The fourth-order valence-electron chi connectivity index (χ4n) is 7.19. The molecule has 0 unspecified atom stereocenters. The zero-order valence-corrected chi connectivity index (χ0v) is 30.2. The lowest BCUT2D eigenvalue weighted by Gasteiger charge is -2.32. The number of hydrogen-bond acceptors (Lipinski definition) is 11. The van der Waals surface area contributed by atoms with Crippen LogP contribution in [0.2, 0.25) is 0 Å².